The van der Waals surface area contributed by atoms with Crippen molar-refractivity contribution in [2.75, 3.05) is 18.6 Å². The second-order valence-electron chi connectivity index (χ2n) is 10.1. The molecular weight excluding hydrogens is 599 g/mol. The number of hydrogen-bond donors (Lipinski definition) is 1. The van der Waals surface area contributed by atoms with Gasteiger partial charge in [0, 0.05) is 47.9 Å². The second-order valence-corrected chi connectivity index (χ2v) is 12.4. The van der Waals surface area contributed by atoms with Crippen molar-refractivity contribution in [2.24, 2.45) is 17.0 Å². The molecule has 2 aromatic carbocycles. The summed E-state index contributed by atoms with van der Waals surface area (Å²) in [4.78, 5) is 21.6. The minimum atomic E-state index is -2.92. The summed E-state index contributed by atoms with van der Waals surface area (Å²) in [5, 5.41) is 4.22. The maximum absolute atomic E-state index is 15.0. The van der Waals surface area contributed by atoms with Crippen LogP contribution in [0, 0.1) is 18.6 Å². The number of alkyl halides is 2. The average molecular weight is 641 g/mol. The van der Waals surface area contributed by atoms with Crippen molar-refractivity contribution in [1.29, 1.82) is 0 Å². The number of aryl methyl sites for hydroxylation is 1. The Labute approximate surface area is 264 Å². The quantitative estimate of drug-likeness (QED) is 0.137. The van der Waals surface area contributed by atoms with E-state index in [-0.39, 0.29) is 19.2 Å². The number of hydrogen-bond acceptors (Lipinski definition) is 4. The summed E-state index contributed by atoms with van der Waals surface area (Å²) in [5.74, 6) is -1.48. The first-order valence-corrected chi connectivity index (χ1v) is 16.7. The molecule has 3 rings (SSSR count). The molecule has 0 aliphatic carbocycles. The summed E-state index contributed by atoms with van der Waals surface area (Å²) < 4.78 is 57.2. The van der Waals surface area contributed by atoms with Gasteiger partial charge >= 0.3 is 0 Å². The van der Waals surface area contributed by atoms with Crippen molar-refractivity contribution >= 4 is 37.4 Å². The van der Waals surface area contributed by atoms with Gasteiger partial charge < -0.3 is 9.88 Å². The lowest BCUT2D eigenvalue weighted by Gasteiger charge is -2.18. The predicted octanol–water partition coefficient (Wildman–Crippen LogP) is 8.91. The van der Waals surface area contributed by atoms with Gasteiger partial charge in [-0.3, -0.25) is 14.8 Å². The lowest BCUT2D eigenvalue weighted by Crippen LogP contribution is -2.20. The fraction of sp³-hybridized carbons (Fsp3) is 0.286. The van der Waals surface area contributed by atoms with Gasteiger partial charge in [-0.15, -0.1) is 0 Å². The summed E-state index contributed by atoms with van der Waals surface area (Å²) in [6.07, 6.45) is 0.141. The zero-order valence-electron chi connectivity index (χ0n) is 26.8. The van der Waals surface area contributed by atoms with Crippen molar-refractivity contribution in [3.05, 3.63) is 123 Å². The van der Waals surface area contributed by atoms with Crippen molar-refractivity contribution in [3.63, 3.8) is 0 Å². The highest BCUT2D eigenvalue weighted by atomic mass is 31.1. The summed E-state index contributed by atoms with van der Waals surface area (Å²) in [6, 6.07) is 16.1. The summed E-state index contributed by atoms with van der Waals surface area (Å²) >= 11 is 0. The molecule has 0 bridgehead atoms. The molecule has 0 spiro atoms. The molecule has 0 fully saturated rings. The van der Waals surface area contributed by atoms with E-state index in [0.29, 0.717) is 23.4 Å². The van der Waals surface area contributed by atoms with Gasteiger partial charge in [-0.25, -0.2) is 17.6 Å². The first-order valence-electron chi connectivity index (χ1n) is 14.4. The molecule has 10 heteroatoms. The maximum atomic E-state index is 15.0. The summed E-state index contributed by atoms with van der Waals surface area (Å²) in [5.41, 5.74) is 1.47. The summed E-state index contributed by atoms with van der Waals surface area (Å²) in [7, 11) is 1.35. The van der Waals surface area contributed by atoms with Gasteiger partial charge in [-0.05, 0) is 86.7 Å². The van der Waals surface area contributed by atoms with Crippen LogP contribution >= 0.6 is 7.92 Å². The van der Waals surface area contributed by atoms with E-state index in [0.717, 1.165) is 23.8 Å². The Morgan fingerprint density at radius 1 is 1.00 bits per heavy atom. The molecule has 45 heavy (non-hydrogen) atoms. The number of allylic oxidation sites excluding steroid dienone is 1. The number of halogens is 4. The predicted molar refractivity (Wildman–Crippen MR) is 183 cm³/mol. The van der Waals surface area contributed by atoms with E-state index in [4.69, 9.17) is 0 Å². The molecule has 5 nitrogen and oxygen atoms in total. The van der Waals surface area contributed by atoms with Crippen LogP contribution in [-0.4, -0.2) is 30.8 Å². The number of benzene rings is 2. The van der Waals surface area contributed by atoms with E-state index >= 15 is 0 Å². The molecule has 1 N–H and O–H groups in total. The molecule has 0 radical (unpaired) electrons. The standard InChI is InChI=1S/C33H35F4N4OP.C2H6/c1-21-15-27(35)16-24(22(2)40-30-13-10-26(34)17-29(30)32(36)37)9-14-31(41(4)33(21)42)25(19-38-3)20-39-18-23-7-11-28(12-8-23)43(5)6;1-2/h7-17,19-20,22,32,40H,3,18H2,1-2,4-6H3;1-2H3/b21-15?,24-9?,25-19+,27-16?,31-14?,39-20?;/t22-;/m1./s1. The number of rotatable bonds is 10. The molecule has 240 valence electrons. The lowest BCUT2D eigenvalue weighted by molar-refractivity contribution is 0.151. The Hall–Kier alpha value is -4.10. The number of anilines is 1. The molecule has 0 saturated heterocycles. The van der Waals surface area contributed by atoms with E-state index in [2.05, 4.69) is 47.5 Å². The minimum Gasteiger partial charge on any atom is -0.378 e. The molecule has 0 aliphatic heterocycles. The van der Waals surface area contributed by atoms with Gasteiger partial charge in [0.05, 0.1) is 12.2 Å². The van der Waals surface area contributed by atoms with Gasteiger partial charge in [0.15, 0.2) is 0 Å². The second kappa shape index (κ2) is 18.0. The van der Waals surface area contributed by atoms with Crippen LogP contribution in [0.5, 0.6) is 0 Å². The smallest absolute Gasteiger partial charge is 0.265 e. The first kappa shape index (κ1) is 37.1. The normalized spacial score (nSPS) is 12.1. The maximum Gasteiger partial charge on any atom is 0.265 e. The number of nitrogens with one attached hydrogen (secondary N) is 1. The van der Waals surface area contributed by atoms with Crippen LogP contribution in [0.2, 0.25) is 0 Å². The summed E-state index contributed by atoms with van der Waals surface area (Å²) in [6.45, 7) is 15.5. The van der Waals surface area contributed by atoms with Crippen molar-refractivity contribution in [3.8, 4) is 0 Å². The third kappa shape index (κ3) is 10.8. The van der Waals surface area contributed by atoms with Crippen molar-refractivity contribution in [1.82, 2.24) is 4.57 Å². The van der Waals surface area contributed by atoms with Crippen LogP contribution in [0.4, 0.5) is 23.2 Å². The fourth-order valence-corrected chi connectivity index (χ4v) is 5.06. The van der Waals surface area contributed by atoms with Crippen molar-refractivity contribution in [2.45, 2.75) is 46.7 Å². The Morgan fingerprint density at radius 3 is 2.27 bits per heavy atom. The minimum absolute atomic E-state index is 0.0185. The molecular formula is C35H41F4N4OP. The average Bonchev–Trinajstić information content (AvgIpc) is 3.01. The molecule has 1 atom stereocenters. The highest BCUT2D eigenvalue weighted by molar-refractivity contribution is 7.64. The van der Waals surface area contributed by atoms with E-state index in [1.165, 1.54) is 35.1 Å². The molecule has 0 unspecified atom stereocenters. The highest BCUT2D eigenvalue weighted by Crippen LogP contribution is 2.30. The zero-order valence-corrected chi connectivity index (χ0v) is 27.7. The van der Waals surface area contributed by atoms with E-state index < -0.39 is 35.2 Å². The Morgan fingerprint density at radius 2 is 1.67 bits per heavy atom. The Kier molecular flexibility index (Phi) is 14.8. The lowest BCUT2D eigenvalue weighted by atomic mass is 10.1. The van der Waals surface area contributed by atoms with Gasteiger partial charge in [0.2, 0.25) is 0 Å². The number of aliphatic imine (C=N–C) groups is 2. The van der Waals surface area contributed by atoms with E-state index in [1.54, 1.807) is 32.3 Å². The monoisotopic (exact) mass is 640 g/mol. The fourth-order valence-electron chi connectivity index (χ4n) is 4.31. The van der Waals surface area contributed by atoms with Crippen LogP contribution in [0.1, 0.15) is 61.2 Å². The van der Waals surface area contributed by atoms with Crippen LogP contribution in [0.3, 0.4) is 0 Å². The molecule has 0 aliphatic rings. The molecule has 0 amide bonds. The van der Waals surface area contributed by atoms with Gasteiger partial charge in [0.1, 0.15) is 11.6 Å². The van der Waals surface area contributed by atoms with E-state index in [1.807, 2.05) is 26.0 Å². The zero-order chi connectivity index (χ0) is 33.7. The van der Waals surface area contributed by atoms with Crippen LogP contribution in [0.25, 0.3) is 5.57 Å². The van der Waals surface area contributed by atoms with E-state index in [9.17, 15) is 22.4 Å². The van der Waals surface area contributed by atoms with Crippen LogP contribution in [0.15, 0.2) is 87.7 Å². The Bertz CT molecular complexity index is 1630. The van der Waals surface area contributed by atoms with Crippen LogP contribution in [-0.2, 0) is 13.6 Å². The Balaban J connectivity index is 0.00000345. The molecule has 0 saturated carbocycles. The van der Waals surface area contributed by atoms with Gasteiger partial charge in [-0.2, -0.15) is 0 Å². The largest absolute Gasteiger partial charge is 0.378 e. The third-order valence-electron chi connectivity index (χ3n) is 6.70. The SMILES string of the molecule is C=N/C=C(\C=NCc1ccc(P(C)C)cc1)c1ccc([C@@H](C)Nc2ccc(F)cc2C(F)F)cc(F)cc(C)c(=O)n1C.CC. The van der Waals surface area contributed by atoms with Gasteiger partial charge in [-0.1, -0.05) is 52.1 Å². The molecule has 1 aromatic heterocycles. The number of aromatic nitrogens is 1. The molecule has 1 heterocycles. The highest BCUT2D eigenvalue weighted by Gasteiger charge is 2.16. The third-order valence-corrected chi connectivity index (χ3v) is 8.03. The topological polar surface area (TPSA) is 58.8 Å². The van der Waals surface area contributed by atoms with Crippen LogP contribution < -0.4 is 16.2 Å². The van der Waals surface area contributed by atoms with Crippen molar-refractivity contribution < 1.29 is 17.6 Å². The first-order chi connectivity index (χ1) is 21.4. The number of nitrogens with zero attached hydrogens (tertiary/aromatic N) is 3. The van der Waals surface area contributed by atoms with Gasteiger partial charge in [0.25, 0.3) is 12.0 Å². The molecule has 3 aromatic rings.